The van der Waals surface area contributed by atoms with Crippen molar-refractivity contribution in [2.45, 2.75) is 84.8 Å². The Kier molecular flexibility index (Phi) is 12.6. The Morgan fingerprint density at radius 2 is 1.56 bits per heavy atom. The zero-order valence-corrected chi connectivity index (χ0v) is 21.7. The van der Waals surface area contributed by atoms with Crippen LogP contribution in [0.3, 0.4) is 0 Å². The van der Waals surface area contributed by atoms with Gasteiger partial charge in [0.1, 0.15) is 11.6 Å². The Bertz CT molecular complexity index is 830. The van der Waals surface area contributed by atoms with Gasteiger partial charge in [-0.05, 0) is 46.0 Å². The van der Waals surface area contributed by atoms with E-state index in [0.717, 1.165) is 4.90 Å². The van der Waals surface area contributed by atoms with E-state index in [2.05, 4.69) is 16.2 Å². The van der Waals surface area contributed by atoms with Gasteiger partial charge < -0.3 is 14.8 Å². The molecule has 3 N–H and O–H groups in total. The minimum atomic E-state index is -1.03. The lowest BCUT2D eigenvalue weighted by molar-refractivity contribution is -0.149. The predicted molar refractivity (Wildman–Crippen MR) is 129 cm³/mol. The highest BCUT2D eigenvalue weighted by molar-refractivity contribution is 6.12. The molecule has 1 rings (SSSR count). The highest BCUT2D eigenvalue weighted by atomic mass is 16.6. The van der Waals surface area contributed by atoms with Crippen LogP contribution in [0.5, 0.6) is 0 Å². The highest BCUT2D eigenvalue weighted by Crippen LogP contribution is 2.09. The van der Waals surface area contributed by atoms with Gasteiger partial charge in [0.25, 0.3) is 11.8 Å². The van der Waals surface area contributed by atoms with Crippen molar-refractivity contribution in [2.24, 2.45) is 5.92 Å². The number of hydrogen-bond acceptors (Lipinski definition) is 8. The number of ether oxygens (including phenoxy) is 2. The van der Waals surface area contributed by atoms with Crippen LogP contribution in [-0.4, -0.2) is 65.4 Å². The number of nitrogens with zero attached hydrogens (tertiary/aromatic N) is 1. The van der Waals surface area contributed by atoms with E-state index in [1.807, 2.05) is 13.8 Å². The molecule has 0 radical (unpaired) electrons. The molecular weight excluding hydrogens is 472 g/mol. The van der Waals surface area contributed by atoms with Crippen molar-refractivity contribution in [2.75, 3.05) is 13.2 Å². The third-order valence-electron chi connectivity index (χ3n) is 4.73. The van der Waals surface area contributed by atoms with Gasteiger partial charge in [-0.3, -0.25) is 29.5 Å². The molecule has 36 heavy (non-hydrogen) atoms. The zero-order chi connectivity index (χ0) is 27.3. The molecule has 202 valence electrons. The fraction of sp³-hybridized carbons (Fsp3) is 0.667. The van der Waals surface area contributed by atoms with Crippen molar-refractivity contribution in [1.29, 1.82) is 0 Å². The number of carbonyl (C=O) groups is 6. The SMILES string of the molecule is CC(C)COC(=O)C(CCC(=O)NNC(=O)OC(C)(C)C)NC(=O)CCCCCN1C(=O)C=CC1=O. The lowest BCUT2D eigenvalue weighted by Gasteiger charge is -2.20. The van der Waals surface area contributed by atoms with E-state index < -0.39 is 29.6 Å². The average Bonchev–Trinajstić information content (AvgIpc) is 3.09. The zero-order valence-electron chi connectivity index (χ0n) is 21.7. The summed E-state index contributed by atoms with van der Waals surface area (Å²) in [6, 6.07) is -1.03. The van der Waals surface area contributed by atoms with Crippen molar-refractivity contribution in [3.05, 3.63) is 12.2 Å². The van der Waals surface area contributed by atoms with Crippen molar-refractivity contribution in [3.63, 3.8) is 0 Å². The van der Waals surface area contributed by atoms with Gasteiger partial charge in [-0.15, -0.1) is 0 Å². The van der Waals surface area contributed by atoms with Gasteiger partial charge in [0.05, 0.1) is 6.61 Å². The normalized spacial score (nSPS) is 14.0. The summed E-state index contributed by atoms with van der Waals surface area (Å²) >= 11 is 0. The summed E-state index contributed by atoms with van der Waals surface area (Å²) in [6.07, 6.45) is 3.20. The van der Waals surface area contributed by atoms with Gasteiger partial charge in [-0.1, -0.05) is 20.3 Å². The molecule has 1 atom stereocenters. The lowest BCUT2D eigenvalue weighted by atomic mass is 10.1. The number of amides is 5. The minimum absolute atomic E-state index is 0.0311. The van der Waals surface area contributed by atoms with Crippen molar-refractivity contribution in [1.82, 2.24) is 21.1 Å². The second-order valence-corrected chi connectivity index (χ2v) is 9.83. The topological polar surface area (TPSA) is 160 Å². The monoisotopic (exact) mass is 510 g/mol. The second kappa shape index (κ2) is 14.8. The number of unbranched alkanes of at least 4 members (excludes halogenated alkanes) is 2. The molecule has 0 aromatic rings. The standard InChI is InChI=1S/C24H38N4O8/c1-16(2)15-35-22(33)17(10-11-19(30)26-27-23(34)36-24(3,4)5)25-18(29)9-7-6-8-14-28-20(31)12-13-21(28)32/h12-13,16-17H,6-11,14-15H2,1-5H3,(H,25,29)(H,26,30)(H,27,34). The minimum Gasteiger partial charge on any atom is -0.464 e. The van der Waals surface area contributed by atoms with Crippen molar-refractivity contribution >= 4 is 35.7 Å². The first-order valence-electron chi connectivity index (χ1n) is 12.1. The number of carbonyl (C=O) groups excluding carboxylic acids is 6. The Labute approximate surface area is 211 Å². The van der Waals surface area contributed by atoms with E-state index in [1.54, 1.807) is 20.8 Å². The van der Waals surface area contributed by atoms with E-state index in [4.69, 9.17) is 9.47 Å². The van der Waals surface area contributed by atoms with Crippen molar-refractivity contribution < 1.29 is 38.2 Å². The fourth-order valence-electron chi connectivity index (χ4n) is 3.01. The summed E-state index contributed by atoms with van der Waals surface area (Å²) in [5.41, 5.74) is 3.59. The molecule has 1 aliphatic heterocycles. The van der Waals surface area contributed by atoms with Crippen LogP contribution in [0.2, 0.25) is 0 Å². The maximum atomic E-state index is 12.5. The first kappa shape index (κ1) is 30.6. The Morgan fingerprint density at radius 3 is 2.14 bits per heavy atom. The molecule has 12 nitrogen and oxygen atoms in total. The number of esters is 1. The molecule has 0 aromatic carbocycles. The smallest absolute Gasteiger partial charge is 0.426 e. The molecule has 5 amide bonds. The molecule has 0 saturated heterocycles. The summed E-state index contributed by atoms with van der Waals surface area (Å²) in [4.78, 5) is 72.8. The number of rotatable bonds is 13. The van der Waals surface area contributed by atoms with Crippen LogP contribution in [-0.2, 0) is 33.4 Å². The molecule has 0 saturated carbocycles. The summed E-state index contributed by atoms with van der Waals surface area (Å²) in [7, 11) is 0. The summed E-state index contributed by atoms with van der Waals surface area (Å²) in [5, 5.41) is 2.60. The molecule has 1 aliphatic rings. The highest BCUT2D eigenvalue weighted by Gasteiger charge is 2.25. The number of nitrogens with one attached hydrogen (secondary N) is 3. The number of imide groups is 1. The number of hydrogen-bond donors (Lipinski definition) is 3. The van der Waals surface area contributed by atoms with Crippen molar-refractivity contribution in [3.8, 4) is 0 Å². The molecule has 0 fully saturated rings. The average molecular weight is 511 g/mol. The molecular formula is C24H38N4O8. The second-order valence-electron chi connectivity index (χ2n) is 9.83. The Morgan fingerprint density at radius 1 is 0.917 bits per heavy atom. The molecule has 0 aromatic heterocycles. The third kappa shape index (κ3) is 12.9. The van der Waals surface area contributed by atoms with Gasteiger partial charge in [0, 0.05) is 31.5 Å². The largest absolute Gasteiger partial charge is 0.464 e. The third-order valence-corrected chi connectivity index (χ3v) is 4.73. The van der Waals surface area contributed by atoms with Crippen LogP contribution in [0.15, 0.2) is 12.2 Å². The van der Waals surface area contributed by atoms with E-state index in [0.29, 0.717) is 19.3 Å². The molecule has 1 heterocycles. The van der Waals surface area contributed by atoms with Gasteiger partial charge in [-0.25, -0.2) is 15.0 Å². The lowest BCUT2D eigenvalue weighted by Crippen LogP contribution is -2.46. The first-order chi connectivity index (χ1) is 16.8. The fourth-order valence-corrected chi connectivity index (χ4v) is 3.01. The van der Waals surface area contributed by atoms with E-state index >= 15 is 0 Å². The summed E-state index contributed by atoms with van der Waals surface area (Å²) in [5.74, 6) is -2.20. The Hall–Kier alpha value is -3.44. The van der Waals surface area contributed by atoms with Gasteiger partial charge in [0.2, 0.25) is 11.8 Å². The maximum Gasteiger partial charge on any atom is 0.426 e. The number of hydrazine groups is 1. The molecule has 0 spiro atoms. The quantitative estimate of drug-likeness (QED) is 0.145. The van der Waals surface area contributed by atoms with Crippen LogP contribution >= 0.6 is 0 Å². The van der Waals surface area contributed by atoms with Crippen LogP contribution in [0, 0.1) is 5.92 Å². The first-order valence-corrected chi connectivity index (χ1v) is 12.1. The molecule has 0 bridgehead atoms. The van der Waals surface area contributed by atoms with Crippen LogP contribution in [0.4, 0.5) is 4.79 Å². The van der Waals surface area contributed by atoms with Crippen LogP contribution < -0.4 is 16.2 Å². The summed E-state index contributed by atoms with van der Waals surface area (Å²) in [6.45, 7) is 9.22. The molecule has 1 unspecified atom stereocenters. The maximum absolute atomic E-state index is 12.5. The van der Waals surface area contributed by atoms with E-state index in [-0.39, 0.29) is 56.1 Å². The van der Waals surface area contributed by atoms with Crippen LogP contribution in [0.25, 0.3) is 0 Å². The molecule has 12 heteroatoms. The van der Waals surface area contributed by atoms with E-state index in [1.165, 1.54) is 12.2 Å². The van der Waals surface area contributed by atoms with Crippen LogP contribution in [0.1, 0.15) is 73.1 Å². The van der Waals surface area contributed by atoms with E-state index in [9.17, 15) is 28.8 Å². The van der Waals surface area contributed by atoms with Gasteiger partial charge >= 0.3 is 12.1 Å². The predicted octanol–water partition coefficient (Wildman–Crippen LogP) is 1.49. The van der Waals surface area contributed by atoms with Gasteiger partial charge in [-0.2, -0.15) is 0 Å². The van der Waals surface area contributed by atoms with Gasteiger partial charge in [0.15, 0.2) is 0 Å². The summed E-state index contributed by atoms with van der Waals surface area (Å²) < 4.78 is 10.2. The molecule has 0 aliphatic carbocycles. The Balaban J connectivity index is 2.46.